The van der Waals surface area contributed by atoms with E-state index in [0.717, 1.165) is 5.56 Å². The lowest BCUT2D eigenvalue weighted by Crippen LogP contribution is -2.16. The molecule has 7 heteroatoms. The first-order chi connectivity index (χ1) is 8.83. The Morgan fingerprint density at radius 3 is 2.53 bits per heavy atom. The molecule has 0 saturated carbocycles. The van der Waals surface area contributed by atoms with Gasteiger partial charge < -0.3 is 5.73 Å². The molecule has 0 aliphatic carbocycles. The van der Waals surface area contributed by atoms with Crippen molar-refractivity contribution in [1.82, 2.24) is 10.2 Å². The van der Waals surface area contributed by atoms with E-state index in [1.165, 1.54) is 12.4 Å². The highest BCUT2D eigenvalue weighted by molar-refractivity contribution is 7.92. The standard InChI is InChI=1S/C12H16N4O2S/c1-7-4-8(2)12(9(3)11(7)13)19(17,18)16-10-5-14-15-6-10/h4-6,16H,13H2,1-3H3,(H,14,15). The van der Waals surface area contributed by atoms with Crippen molar-refractivity contribution in [3.05, 3.63) is 35.2 Å². The lowest BCUT2D eigenvalue weighted by Gasteiger charge is -2.15. The third-order valence-corrected chi connectivity index (χ3v) is 4.65. The second-order valence-electron chi connectivity index (χ2n) is 4.47. The molecule has 0 saturated heterocycles. The smallest absolute Gasteiger partial charge is 0.262 e. The third kappa shape index (κ3) is 2.41. The molecule has 0 atom stereocenters. The van der Waals surface area contributed by atoms with Gasteiger partial charge in [0.15, 0.2) is 0 Å². The number of aryl methyl sites for hydroxylation is 2. The molecule has 0 unspecified atom stereocenters. The van der Waals surface area contributed by atoms with Crippen LogP contribution in [0.5, 0.6) is 0 Å². The van der Waals surface area contributed by atoms with Gasteiger partial charge in [-0.3, -0.25) is 9.82 Å². The number of sulfonamides is 1. The molecule has 1 aromatic carbocycles. The van der Waals surface area contributed by atoms with E-state index in [1.54, 1.807) is 19.9 Å². The minimum atomic E-state index is -3.67. The second kappa shape index (κ2) is 4.58. The fraction of sp³-hybridized carbons (Fsp3) is 0.250. The van der Waals surface area contributed by atoms with E-state index in [-0.39, 0.29) is 4.90 Å². The van der Waals surface area contributed by atoms with E-state index in [9.17, 15) is 8.42 Å². The number of nitrogen functional groups attached to an aromatic ring is 1. The normalized spacial score (nSPS) is 11.5. The van der Waals surface area contributed by atoms with Crippen molar-refractivity contribution in [2.24, 2.45) is 0 Å². The quantitative estimate of drug-likeness (QED) is 0.745. The molecule has 0 fully saturated rings. The van der Waals surface area contributed by atoms with Gasteiger partial charge in [-0.1, -0.05) is 6.07 Å². The molecule has 1 aromatic heterocycles. The number of H-pyrrole nitrogens is 1. The Morgan fingerprint density at radius 2 is 1.95 bits per heavy atom. The van der Waals surface area contributed by atoms with Gasteiger partial charge in [0.25, 0.3) is 10.0 Å². The maximum Gasteiger partial charge on any atom is 0.262 e. The monoisotopic (exact) mass is 280 g/mol. The summed E-state index contributed by atoms with van der Waals surface area (Å²) >= 11 is 0. The minimum absolute atomic E-state index is 0.219. The number of benzene rings is 1. The average Bonchev–Trinajstić information content (AvgIpc) is 2.77. The van der Waals surface area contributed by atoms with Gasteiger partial charge in [0.05, 0.1) is 16.8 Å². The molecule has 4 N–H and O–H groups in total. The Hall–Kier alpha value is -2.02. The maximum atomic E-state index is 12.4. The Balaban J connectivity index is 2.55. The summed E-state index contributed by atoms with van der Waals surface area (Å²) in [5.74, 6) is 0. The number of aromatic nitrogens is 2. The van der Waals surface area contributed by atoms with Crippen molar-refractivity contribution in [1.29, 1.82) is 0 Å². The van der Waals surface area contributed by atoms with E-state index < -0.39 is 10.0 Å². The molecule has 19 heavy (non-hydrogen) atoms. The van der Waals surface area contributed by atoms with E-state index in [1.807, 2.05) is 6.92 Å². The van der Waals surface area contributed by atoms with Gasteiger partial charge in [0.2, 0.25) is 0 Å². The van der Waals surface area contributed by atoms with Gasteiger partial charge in [-0.05, 0) is 37.5 Å². The number of nitrogens with one attached hydrogen (secondary N) is 2. The highest BCUT2D eigenvalue weighted by Crippen LogP contribution is 2.29. The first-order valence-corrected chi connectivity index (χ1v) is 7.19. The summed E-state index contributed by atoms with van der Waals surface area (Å²) in [6.07, 6.45) is 2.87. The Kier molecular flexibility index (Phi) is 3.23. The van der Waals surface area contributed by atoms with Crippen LogP contribution < -0.4 is 10.5 Å². The molecule has 102 valence electrons. The number of hydrogen-bond donors (Lipinski definition) is 3. The molecule has 0 bridgehead atoms. The largest absolute Gasteiger partial charge is 0.398 e. The fourth-order valence-electron chi connectivity index (χ4n) is 2.11. The van der Waals surface area contributed by atoms with Gasteiger partial charge in [-0.2, -0.15) is 5.10 Å². The predicted octanol–water partition coefficient (Wildman–Crippen LogP) is 1.72. The topological polar surface area (TPSA) is 101 Å². The van der Waals surface area contributed by atoms with Gasteiger partial charge in [-0.25, -0.2) is 8.42 Å². The van der Waals surface area contributed by atoms with Gasteiger partial charge in [0, 0.05) is 11.9 Å². The van der Waals surface area contributed by atoms with Crippen molar-refractivity contribution < 1.29 is 8.42 Å². The average molecular weight is 280 g/mol. The molecule has 2 aromatic rings. The van der Waals surface area contributed by atoms with E-state index >= 15 is 0 Å². The number of anilines is 2. The lowest BCUT2D eigenvalue weighted by molar-refractivity contribution is 0.600. The zero-order chi connectivity index (χ0) is 14.2. The summed E-state index contributed by atoms with van der Waals surface area (Å²) < 4.78 is 27.3. The first-order valence-electron chi connectivity index (χ1n) is 5.71. The summed E-state index contributed by atoms with van der Waals surface area (Å²) in [5.41, 5.74) is 8.90. The SMILES string of the molecule is Cc1cc(C)c(S(=O)(=O)Nc2cn[nH]c2)c(C)c1N. The molecule has 2 rings (SSSR count). The Bertz CT molecular complexity index is 706. The van der Waals surface area contributed by atoms with Crippen molar-refractivity contribution >= 4 is 21.4 Å². The molecular weight excluding hydrogens is 264 g/mol. The molecule has 0 aliphatic heterocycles. The number of nitrogens with zero attached hydrogens (tertiary/aromatic N) is 1. The number of nitrogens with two attached hydrogens (primary N) is 1. The van der Waals surface area contributed by atoms with E-state index in [0.29, 0.717) is 22.5 Å². The highest BCUT2D eigenvalue weighted by Gasteiger charge is 2.22. The van der Waals surface area contributed by atoms with Crippen LogP contribution in [0.2, 0.25) is 0 Å². The zero-order valence-corrected chi connectivity index (χ0v) is 11.8. The number of aromatic amines is 1. The summed E-state index contributed by atoms with van der Waals surface area (Å²) in [5, 5.41) is 6.25. The first kappa shape index (κ1) is 13.4. The van der Waals surface area contributed by atoms with Crippen LogP contribution in [0.25, 0.3) is 0 Å². The summed E-state index contributed by atoms with van der Waals surface area (Å²) in [4.78, 5) is 0.219. The highest BCUT2D eigenvalue weighted by atomic mass is 32.2. The number of rotatable bonds is 3. The van der Waals surface area contributed by atoms with Crippen LogP contribution in [0, 0.1) is 20.8 Å². The lowest BCUT2D eigenvalue weighted by atomic mass is 10.1. The molecule has 0 spiro atoms. The van der Waals surface area contributed by atoms with Crippen LogP contribution in [-0.4, -0.2) is 18.6 Å². The van der Waals surface area contributed by atoms with Crippen molar-refractivity contribution in [2.45, 2.75) is 25.7 Å². The van der Waals surface area contributed by atoms with Gasteiger partial charge in [-0.15, -0.1) is 0 Å². The Labute approximate surface area is 112 Å². The fourth-order valence-corrected chi connectivity index (χ4v) is 3.63. The molecule has 0 aliphatic rings. The van der Waals surface area contributed by atoms with Crippen molar-refractivity contribution in [3.63, 3.8) is 0 Å². The van der Waals surface area contributed by atoms with Crippen LogP contribution in [0.1, 0.15) is 16.7 Å². The zero-order valence-electron chi connectivity index (χ0n) is 11.0. The summed E-state index contributed by atoms with van der Waals surface area (Å²) in [6.45, 7) is 5.32. The predicted molar refractivity (Wildman–Crippen MR) is 74.5 cm³/mol. The third-order valence-electron chi connectivity index (χ3n) is 2.98. The second-order valence-corrected chi connectivity index (χ2v) is 6.09. The van der Waals surface area contributed by atoms with E-state index in [4.69, 9.17) is 5.73 Å². The van der Waals surface area contributed by atoms with Crippen LogP contribution in [-0.2, 0) is 10.0 Å². The summed E-state index contributed by atoms with van der Waals surface area (Å²) in [6, 6.07) is 1.77. The Morgan fingerprint density at radius 1 is 1.26 bits per heavy atom. The van der Waals surface area contributed by atoms with Gasteiger partial charge in [0.1, 0.15) is 0 Å². The van der Waals surface area contributed by atoms with Crippen molar-refractivity contribution in [3.8, 4) is 0 Å². The van der Waals surface area contributed by atoms with Crippen molar-refractivity contribution in [2.75, 3.05) is 10.5 Å². The van der Waals surface area contributed by atoms with Crippen LogP contribution in [0.4, 0.5) is 11.4 Å². The van der Waals surface area contributed by atoms with Crippen LogP contribution >= 0.6 is 0 Å². The molecular formula is C12H16N4O2S. The maximum absolute atomic E-state index is 12.4. The number of hydrogen-bond acceptors (Lipinski definition) is 4. The molecule has 0 radical (unpaired) electrons. The summed E-state index contributed by atoms with van der Waals surface area (Å²) in [7, 11) is -3.67. The molecule has 0 amide bonds. The van der Waals surface area contributed by atoms with E-state index in [2.05, 4.69) is 14.9 Å². The minimum Gasteiger partial charge on any atom is -0.398 e. The molecule has 6 nitrogen and oxygen atoms in total. The van der Waals surface area contributed by atoms with Crippen LogP contribution in [0.15, 0.2) is 23.4 Å². The molecule has 1 heterocycles. The van der Waals surface area contributed by atoms with Crippen LogP contribution in [0.3, 0.4) is 0 Å². The van der Waals surface area contributed by atoms with Gasteiger partial charge >= 0.3 is 0 Å².